The molecule has 0 saturated carbocycles. The summed E-state index contributed by atoms with van der Waals surface area (Å²) >= 11 is 5.77. The van der Waals surface area contributed by atoms with Gasteiger partial charge in [0.15, 0.2) is 0 Å². The first-order valence-electron chi connectivity index (χ1n) is 3.92. The number of aromatic nitrogens is 1. The van der Waals surface area contributed by atoms with Crippen LogP contribution in [0.3, 0.4) is 0 Å². The topological polar surface area (TPSA) is 39.2 Å². The normalized spacial score (nSPS) is 9.77. The molecule has 0 saturated heterocycles. The third-order valence-electron chi connectivity index (χ3n) is 1.67. The van der Waals surface area contributed by atoms with Crippen LogP contribution in [-0.4, -0.2) is 18.1 Å². The number of hydrogen-bond acceptors (Lipinski definition) is 3. The maximum Gasteiger partial charge on any atom is 0.341 e. The molecular formula is C9H10ClNO2. The number of hydrogen-bond donors (Lipinski definition) is 0. The van der Waals surface area contributed by atoms with E-state index in [1.54, 1.807) is 12.1 Å². The fourth-order valence-electron chi connectivity index (χ4n) is 0.931. The molecule has 0 spiro atoms. The lowest BCUT2D eigenvalue weighted by molar-refractivity contribution is 0.0600. The van der Waals surface area contributed by atoms with Crippen LogP contribution in [0.2, 0.25) is 5.15 Å². The molecule has 0 amide bonds. The Kier molecular flexibility index (Phi) is 3.25. The molecule has 0 aliphatic heterocycles. The van der Waals surface area contributed by atoms with Gasteiger partial charge in [0, 0.05) is 5.69 Å². The number of nitrogens with zero attached hydrogens (tertiary/aromatic N) is 1. The molecule has 0 unspecified atom stereocenters. The van der Waals surface area contributed by atoms with Gasteiger partial charge in [-0.25, -0.2) is 9.78 Å². The van der Waals surface area contributed by atoms with Crippen molar-refractivity contribution < 1.29 is 9.53 Å². The van der Waals surface area contributed by atoms with Gasteiger partial charge in [-0.3, -0.25) is 0 Å². The lowest BCUT2D eigenvalue weighted by Gasteiger charge is -2.02. The third-order valence-corrected chi connectivity index (χ3v) is 1.96. The molecule has 0 fully saturated rings. The van der Waals surface area contributed by atoms with E-state index in [1.807, 2.05) is 6.92 Å². The standard InChI is InChI=1S/C9H10ClNO2/c1-3-6-4-5-7(8(10)11-6)9(12)13-2/h4-5H,3H2,1-2H3. The van der Waals surface area contributed by atoms with Crippen molar-refractivity contribution in [1.29, 1.82) is 0 Å². The van der Waals surface area contributed by atoms with Crippen LogP contribution in [-0.2, 0) is 11.2 Å². The Morgan fingerprint density at radius 3 is 2.77 bits per heavy atom. The molecule has 1 aromatic heterocycles. The summed E-state index contributed by atoms with van der Waals surface area (Å²) in [5.41, 5.74) is 1.17. The minimum atomic E-state index is -0.458. The molecule has 4 heteroatoms. The number of halogens is 1. The van der Waals surface area contributed by atoms with Crippen LogP contribution in [0.1, 0.15) is 23.0 Å². The summed E-state index contributed by atoms with van der Waals surface area (Å²) in [5, 5.41) is 0.200. The molecule has 3 nitrogen and oxygen atoms in total. The van der Waals surface area contributed by atoms with E-state index in [0.29, 0.717) is 5.56 Å². The zero-order valence-electron chi connectivity index (χ0n) is 7.50. The summed E-state index contributed by atoms with van der Waals surface area (Å²) in [5.74, 6) is -0.458. The van der Waals surface area contributed by atoms with E-state index < -0.39 is 5.97 Å². The zero-order chi connectivity index (χ0) is 9.84. The highest BCUT2D eigenvalue weighted by Gasteiger charge is 2.11. The largest absolute Gasteiger partial charge is 0.465 e. The van der Waals surface area contributed by atoms with Gasteiger partial charge >= 0.3 is 5.97 Å². The number of carbonyl (C=O) groups excluding carboxylic acids is 1. The van der Waals surface area contributed by atoms with Crippen molar-refractivity contribution in [1.82, 2.24) is 4.98 Å². The van der Waals surface area contributed by atoms with Gasteiger partial charge in [-0.1, -0.05) is 18.5 Å². The summed E-state index contributed by atoms with van der Waals surface area (Å²) in [6.45, 7) is 1.97. The van der Waals surface area contributed by atoms with Crippen molar-refractivity contribution in [3.8, 4) is 0 Å². The molecule has 0 bridgehead atoms. The Morgan fingerprint density at radius 2 is 2.31 bits per heavy atom. The highest BCUT2D eigenvalue weighted by atomic mass is 35.5. The van der Waals surface area contributed by atoms with Crippen molar-refractivity contribution in [2.45, 2.75) is 13.3 Å². The van der Waals surface area contributed by atoms with E-state index in [0.717, 1.165) is 12.1 Å². The van der Waals surface area contributed by atoms with E-state index in [-0.39, 0.29) is 5.15 Å². The second-order valence-corrected chi connectivity index (χ2v) is 2.84. The smallest absolute Gasteiger partial charge is 0.341 e. The fourth-order valence-corrected chi connectivity index (χ4v) is 1.18. The van der Waals surface area contributed by atoms with Crippen LogP contribution in [0, 0.1) is 0 Å². The van der Waals surface area contributed by atoms with Gasteiger partial charge in [-0.05, 0) is 18.6 Å². The first-order chi connectivity index (χ1) is 6.19. The number of carbonyl (C=O) groups is 1. The highest BCUT2D eigenvalue weighted by molar-refractivity contribution is 6.32. The summed E-state index contributed by atoms with van der Waals surface area (Å²) in [6.07, 6.45) is 0.793. The molecule has 0 aliphatic carbocycles. The van der Waals surface area contributed by atoms with Gasteiger partial charge < -0.3 is 4.74 Å². The molecule has 1 heterocycles. The van der Waals surface area contributed by atoms with Crippen LogP contribution in [0.15, 0.2) is 12.1 Å². The second kappa shape index (κ2) is 4.23. The van der Waals surface area contributed by atoms with Gasteiger partial charge in [-0.15, -0.1) is 0 Å². The summed E-state index contributed by atoms with van der Waals surface area (Å²) in [7, 11) is 1.31. The van der Waals surface area contributed by atoms with Crippen LogP contribution >= 0.6 is 11.6 Å². The monoisotopic (exact) mass is 199 g/mol. The Labute approximate surface area is 81.7 Å². The molecule has 0 N–H and O–H groups in total. The van der Waals surface area contributed by atoms with Gasteiger partial charge in [0.25, 0.3) is 0 Å². The number of rotatable bonds is 2. The fraction of sp³-hybridized carbons (Fsp3) is 0.333. The Hall–Kier alpha value is -1.09. The lowest BCUT2D eigenvalue weighted by atomic mass is 10.2. The average Bonchev–Trinajstić information content (AvgIpc) is 2.16. The van der Waals surface area contributed by atoms with Gasteiger partial charge in [-0.2, -0.15) is 0 Å². The Morgan fingerprint density at radius 1 is 1.62 bits per heavy atom. The van der Waals surface area contributed by atoms with Crippen molar-refractivity contribution in [3.63, 3.8) is 0 Å². The lowest BCUT2D eigenvalue weighted by Crippen LogP contribution is -2.04. The average molecular weight is 200 g/mol. The van der Waals surface area contributed by atoms with Gasteiger partial charge in [0.1, 0.15) is 5.15 Å². The SMILES string of the molecule is CCc1ccc(C(=O)OC)c(Cl)n1. The number of methoxy groups -OCH3 is 1. The number of esters is 1. The van der Waals surface area contributed by atoms with Crippen molar-refractivity contribution in [2.75, 3.05) is 7.11 Å². The van der Waals surface area contributed by atoms with Crippen LogP contribution in [0.4, 0.5) is 0 Å². The minimum absolute atomic E-state index is 0.200. The highest BCUT2D eigenvalue weighted by Crippen LogP contribution is 2.14. The van der Waals surface area contributed by atoms with Crippen LogP contribution < -0.4 is 0 Å². The molecule has 0 atom stereocenters. The maximum atomic E-state index is 11.1. The van der Waals surface area contributed by atoms with E-state index in [1.165, 1.54) is 7.11 Å². The summed E-state index contributed by atoms with van der Waals surface area (Å²) < 4.78 is 4.53. The van der Waals surface area contributed by atoms with Crippen LogP contribution in [0.25, 0.3) is 0 Å². The molecular weight excluding hydrogens is 190 g/mol. The van der Waals surface area contributed by atoms with Crippen molar-refractivity contribution in [3.05, 3.63) is 28.5 Å². The summed E-state index contributed by atoms with van der Waals surface area (Å²) in [6, 6.07) is 3.39. The molecule has 13 heavy (non-hydrogen) atoms. The maximum absolute atomic E-state index is 11.1. The molecule has 1 aromatic rings. The number of pyridine rings is 1. The zero-order valence-corrected chi connectivity index (χ0v) is 8.26. The molecule has 0 aliphatic rings. The third kappa shape index (κ3) is 2.18. The second-order valence-electron chi connectivity index (χ2n) is 2.49. The molecule has 0 radical (unpaired) electrons. The van der Waals surface area contributed by atoms with Crippen molar-refractivity contribution >= 4 is 17.6 Å². The van der Waals surface area contributed by atoms with Crippen molar-refractivity contribution in [2.24, 2.45) is 0 Å². The molecule has 1 rings (SSSR count). The predicted molar refractivity (Wildman–Crippen MR) is 50.0 cm³/mol. The predicted octanol–water partition coefficient (Wildman–Crippen LogP) is 2.08. The van der Waals surface area contributed by atoms with E-state index in [9.17, 15) is 4.79 Å². The van der Waals surface area contributed by atoms with E-state index in [4.69, 9.17) is 11.6 Å². The molecule has 0 aromatic carbocycles. The van der Waals surface area contributed by atoms with E-state index in [2.05, 4.69) is 9.72 Å². The minimum Gasteiger partial charge on any atom is -0.465 e. The first-order valence-corrected chi connectivity index (χ1v) is 4.30. The number of ether oxygens (including phenoxy) is 1. The number of aryl methyl sites for hydroxylation is 1. The summed E-state index contributed by atoms with van der Waals surface area (Å²) in [4.78, 5) is 15.1. The first kappa shape index (κ1) is 9.99. The van der Waals surface area contributed by atoms with Gasteiger partial charge in [0.05, 0.1) is 12.7 Å². The van der Waals surface area contributed by atoms with Crippen LogP contribution in [0.5, 0.6) is 0 Å². The molecule has 70 valence electrons. The van der Waals surface area contributed by atoms with E-state index >= 15 is 0 Å². The Balaban J connectivity index is 3.05. The quantitative estimate of drug-likeness (QED) is 0.541. The Bertz CT molecular complexity index is 325. The van der Waals surface area contributed by atoms with Gasteiger partial charge in [0.2, 0.25) is 0 Å².